The number of benzene rings is 3. The summed E-state index contributed by atoms with van der Waals surface area (Å²) in [6.45, 7) is 0. The summed E-state index contributed by atoms with van der Waals surface area (Å²) in [7, 11) is -3.21. The summed E-state index contributed by atoms with van der Waals surface area (Å²) in [5, 5.41) is 10.3. The largest absolute Gasteiger partial charge is 0.524 e. The number of rotatable bonds is 4. The first kappa shape index (κ1) is 21.7. The second-order valence-electron chi connectivity index (χ2n) is 5.47. The summed E-state index contributed by atoms with van der Waals surface area (Å²) in [6, 6.07) is 15.1. The Morgan fingerprint density at radius 1 is 1.04 bits per heavy atom. The van der Waals surface area contributed by atoms with Crippen LogP contribution in [-0.2, 0) is 4.57 Å². The number of fused-ring (bicyclic) bond motifs is 1. The molecule has 0 unspecified atom stereocenters. The topological polar surface area (TPSA) is 139 Å². The van der Waals surface area contributed by atoms with Gasteiger partial charge in [-0.25, -0.2) is 9.36 Å². The number of para-hydroxylation sites is 2. The predicted molar refractivity (Wildman–Crippen MR) is 109 cm³/mol. The lowest BCUT2D eigenvalue weighted by molar-refractivity contribution is 0.0695. The highest BCUT2D eigenvalue weighted by Gasteiger charge is 2.21. The number of methoxy groups -OCH3 is 1. The van der Waals surface area contributed by atoms with Crippen molar-refractivity contribution in [3.05, 3.63) is 64.6 Å². The van der Waals surface area contributed by atoms with E-state index in [1.54, 1.807) is 31.4 Å². The molecule has 0 saturated carbocycles. The molecule has 0 saturated heterocycles. The first-order valence-corrected chi connectivity index (χ1v) is 10.0. The number of halogens is 1. The van der Waals surface area contributed by atoms with E-state index in [0.717, 1.165) is 10.2 Å². The molecule has 5 N–H and O–H groups in total. The number of nitrogens with two attached hydrogens (primary N) is 1. The van der Waals surface area contributed by atoms with Gasteiger partial charge in [0, 0.05) is 4.47 Å². The fraction of sp³-hybridized carbons (Fsp3) is 0.0556. The molecule has 0 spiro atoms. The Morgan fingerprint density at radius 2 is 1.71 bits per heavy atom. The summed E-state index contributed by atoms with van der Waals surface area (Å²) in [5.74, 6) is -0.960. The zero-order valence-electron chi connectivity index (χ0n) is 14.6. The molecule has 0 aromatic heterocycles. The van der Waals surface area contributed by atoms with E-state index in [2.05, 4.69) is 20.5 Å². The van der Waals surface area contributed by atoms with E-state index in [9.17, 15) is 9.36 Å². The number of phosphoric acid groups is 1. The van der Waals surface area contributed by atoms with Crippen molar-refractivity contribution in [1.29, 1.82) is 0 Å². The molecular weight excluding hydrogens is 453 g/mol. The van der Waals surface area contributed by atoms with Crippen molar-refractivity contribution in [1.82, 2.24) is 0 Å². The number of nitrogen functional groups attached to an aromatic ring is 1. The number of carboxylic acid groups (broad SMARTS) is 1. The number of anilines is 1. The zero-order chi connectivity index (χ0) is 20.9. The number of hydrogen-bond donors (Lipinski definition) is 4. The highest BCUT2D eigenvalue weighted by atomic mass is 79.9. The Balaban J connectivity index is 0.000000261. The quantitative estimate of drug-likeness (QED) is 0.331. The lowest BCUT2D eigenvalue weighted by atomic mass is 10.1. The smallest absolute Gasteiger partial charge is 0.495 e. The van der Waals surface area contributed by atoms with Crippen LogP contribution in [0.4, 0.5) is 5.69 Å². The molecule has 0 atom stereocenters. The van der Waals surface area contributed by atoms with E-state index >= 15 is 0 Å². The van der Waals surface area contributed by atoms with E-state index in [1.807, 2.05) is 18.2 Å². The minimum absolute atomic E-state index is 0.311. The Bertz CT molecular complexity index is 1050. The van der Waals surface area contributed by atoms with Crippen molar-refractivity contribution in [2.24, 2.45) is 0 Å². The molecule has 0 radical (unpaired) electrons. The second-order valence-corrected chi connectivity index (χ2v) is 7.55. The van der Waals surface area contributed by atoms with Crippen LogP contribution in [0.15, 0.2) is 59.1 Å². The highest BCUT2D eigenvalue weighted by molar-refractivity contribution is 9.10. The lowest BCUT2D eigenvalue weighted by Crippen LogP contribution is -2.01. The summed E-state index contributed by atoms with van der Waals surface area (Å²) in [5.41, 5.74) is 5.88. The van der Waals surface area contributed by atoms with Crippen molar-refractivity contribution >= 4 is 46.2 Å². The number of carboxylic acids is 1. The lowest BCUT2D eigenvalue weighted by Gasteiger charge is -2.11. The average Bonchev–Trinajstić information content (AvgIpc) is 2.61. The minimum Gasteiger partial charge on any atom is -0.495 e. The summed E-state index contributed by atoms with van der Waals surface area (Å²) in [6.07, 6.45) is 0. The van der Waals surface area contributed by atoms with Crippen LogP contribution >= 0.6 is 23.8 Å². The molecule has 0 aliphatic heterocycles. The van der Waals surface area contributed by atoms with Gasteiger partial charge in [-0.15, -0.1) is 0 Å². The molecule has 0 heterocycles. The number of carbonyl (C=O) groups is 1. The average molecular weight is 470 g/mol. The molecule has 3 aromatic carbocycles. The Labute approximate surface area is 168 Å². The molecule has 28 heavy (non-hydrogen) atoms. The van der Waals surface area contributed by atoms with Crippen molar-refractivity contribution in [2.75, 3.05) is 12.8 Å². The van der Waals surface area contributed by atoms with Crippen molar-refractivity contribution in [3.63, 3.8) is 0 Å². The fourth-order valence-corrected chi connectivity index (χ4v) is 3.07. The number of hydrogen-bond acceptors (Lipinski definition) is 5. The van der Waals surface area contributed by atoms with Gasteiger partial charge in [-0.3, -0.25) is 9.79 Å². The third-order valence-electron chi connectivity index (χ3n) is 3.49. The Kier molecular flexibility index (Phi) is 7.04. The summed E-state index contributed by atoms with van der Waals surface area (Å²) in [4.78, 5) is 28.7. The van der Waals surface area contributed by atoms with Gasteiger partial charge in [-0.1, -0.05) is 34.1 Å². The van der Waals surface area contributed by atoms with Crippen LogP contribution in [0, 0.1) is 0 Å². The Hall–Kier alpha value is -2.58. The third-order valence-corrected chi connectivity index (χ3v) is 4.42. The van der Waals surface area contributed by atoms with E-state index in [0.29, 0.717) is 16.5 Å². The van der Waals surface area contributed by atoms with E-state index in [1.165, 1.54) is 12.1 Å². The fourth-order valence-electron chi connectivity index (χ4n) is 2.28. The molecule has 0 aliphatic rings. The molecule has 148 valence electrons. The van der Waals surface area contributed by atoms with Crippen LogP contribution in [0.2, 0.25) is 0 Å². The predicted octanol–water partition coefficient (Wildman–Crippen LogP) is 4.05. The molecule has 10 heteroatoms. The molecule has 8 nitrogen and oxygen atoms in total. The van der Waals surface area contributed by atoms with Crippen LogP contribution in [0.1, 0.15) is 10.4 Å². The van der Waals surface area contributed by atoms with Gasteiger partial charge in [0.2, 0.25) is 0 Å². The first-order valence-electron chi connectivity index (χ1n) is 7.71. The molecule has 3 aromatic rings. The number of phosphoric ester groups is 1. The van der Waals surface area contributed by atoms with Gasteiger partial charge >= 0.3 is 13.8 Å². The van der Waals surface area contributed by atoms with Crippen LogP contribution < -0.4 is 15.0 Å². The standard InChI is InChI=1S/C11H8BrO6P.C7H9NO/c12-8-2-1-6-5-10(18-19(15,16)17)9(11(13)14)4-7(6)3-8;1-9-7-5-3-2-4-6(7)8/h1-5H,(H,13,14)(H2,15,16,17);2-5H,8H2,1H3. The maximum absolute atomic E-state index is 11.1. The third kappa shape index (κ3) is 5.97. The van der Waals surface area contributed by atoms with Crippen molar-refractivity contribution in [3.8, 4) is 11.5 Å². The van der Waals surface area contributed by atoms with Gasteiger partial charge in [0.05, 0.1) is 12.8 Å². The molecule has 0 amide bonds. The van der Waals surface area contributed by atoms with Crippen molar-refractivity contribution < 1.29 is 33.5 Å². The van der Waals surface area contributed by atoms with Gasteiger partial charge in [-0.2, -0.15) is 0 Å². The molecule has 0 fully saturated rings. The highest BCUT2D eigenvalue weighted by Crippen LogP contribution is 2.40. The van der Waals surface area contributed by atoms with Gasteiger partial charge in [0.25, 0.3) is 0 Å². The van der Waals surface area contributed by atoms with E-state index in [4.69, 9.17) is 25.4 Å². The van der Waals surface area contributed by atoms with Crippen LogP contribution in [0.25, 0.3) is 10.8 Å². The SMILES string of the molecule is COc1ccccc1N.O=C(O)c1cc2cc(Br)ccc2cc1OP(=O)(O)O. The molecule has 0 bridgehead atoms. The van der Waals surface area contributed by atoms with Crippen LogP contribution in [0.3, 0.4) is 0 Å². The molecule has 3 rings (SSSR count). The first-order chi connectivity index (χ1) is 13.1. The normalized spacial score (nSPS) is 10.7. The number of aromatic carboxylic acids is 1. The maximum atomic E-state index is 11.1. The van der Waals surface area contributed by atoms with Crippen molar-refractivity contribution in [2.45, 2.75) is 0 Å². The van der Waals surface area contributed by atoms with E-state index in [-0.39, 0.29) is 11.3 Å². The maximum Gasteiger partial charge on any atom is 0.524 e. The zero-order valence-corrected chi connectivity index (χ0v) is 17.1. The van der Waals surface area contributed by atoms with Gasteiger partial charge < -0.3 is 20.1 Å². The van der Waals surface area contributed by atoms with E-state index < -0.39 is 13.8 Å². The summed E-state index contributed by atoms with van der Waals surface area (Å²) < 4.78 is 20.9. The van der Waals surface area contributed by atoms with Gasteiger partial charge in [0.1, 0.15) is 17.1 Å². The molecule has 0 aliphatic carbocycles. The number of ether oxygens (including phenoxy) is 1. The van der Waals surface area contributed by atoms with Crippen LogP contribution in [-0.4, -0.2) is 28.0 Å². The Morgan fingerprint density at radius 3 is 2.25 bits per heavy atom. The van der Waals surface area contributed by atoms with Gasteiger partial charge in [-0.05, 0) is 47.2 Å². The minimum atomic E-state index is -4.81. The van der Waals surface area contributed by atoms with Gasteiger partial charge in [0.15, 0.2) is 0 Å². The van der Waals surface area contributed by atoms with Crippen LogP contribution in [0.5, 0.6) is 11.5 Å². The monoisotopic (exact) mass is 469 g/mol. The summed E-state index contributed by atoms with van der Waals surface area (Å²) >= 11 is 3.26. The molecular formula is C18H17BrNO7P. The second kappa shape index (κ2) is 9.07.